The molecule has 1 heterocycles. The van der Waals surface area contributed by atoms with Crippen molar-refractivity contribution in [2.75, 3.05) is 20.1 Å². The molecule has 0 radical (unpaired) electrons. The van der Waals surface area contributed by atoms with Crippen LogP contribution in [0.25, 0.3) is 0 Å². The minimum absolute atomic E-state index is 0.178. The Balaban J connectivity index is 2.35. The maximum atomic E-state index is 11.3. The number of hydrogen-bond acceptors (Lipinski definition) is 3. The van der Waals surface area contributed by atoms with Gasteiger partial charge in [0.05, 0.1) is 6.10 Å². The summed E-state index contributed by atoms with van der Waals surface area (Å²) in [7, 11) is 1.80. The second-order valence-corrected chi connectivity index (χ2v) is 3.61. The van der Waals surface area contributed by atoms with E-state index < -0.39 is 0 Å². The lowest BCUT2D eigenvalue weighted by atomic mass is 10.2. The van der Waals surface area contributed by atoms with Crippen molar-refractivity contribution in [3.8, 4) is 0 Å². The first kappa shape index (κ1) is 10.5. The SMILES string of the molecule is CC(O)CCN1CCCC(=O)N1C. The zero-order valence-corrected chi connectivity index (χ0v) is 8.36. The molecule has 1 unspecified atom stereocenters. The van der Waals surface area contributed by atoms with Crippen molar-refractivity contribution < 1.29 is 9.90 Å². The highest BCUT2D eigenvalue weighted by molar-refractivity contribution is 5.75. The summed E-state index contributed by atoms with van der Waals surface area (Å²) in [5, 5.41) is 12.8. The summed E-state index contributed by atoms with van der Waals surface area (Å²) in [5.41, 5.74) is 0. The summed E-state index contributed by atoms with van der Waals surface area (Å²) in [6.07, 6.45) is 2.02. The van der Waals surface area contributed by atoms with Crippen LogP contribution >= 0.6 is 0 Å². The highest BCUT2D eigenvalue weighted by Crippen LogP contribution is 2.10. The van der Waals surface area contributed by atoms with E-state index in [2.05, 4.69) is 0 Å². The van der Waals surface area contributed by atoms with Gasteiger partial charge in [-0.3, -0.25) is 9.80 Å². The van der Waals surface area contributed by atoms with Gasteiger partial charge in [0, 0.05) is 26.6 Å². The van der Waals surface area contributed by atoms with Crippen LogP contribution in [0.2, 0.25) is 0 Å². The first-order chi connectivity index (χ1) is 6.11. The van der Waals surface area contributed by atoms with E-state index in [4.69, 9.17) is 5.11 Å². The molecular weight excluding hydrogens is 168 g/mol. The number of rotatable bonds is 3. The van der Waals surface area contributed by atoms with Gasteiger partial charge < -0.3 is 5.11 Å². The van der Waals surface area contributed by atoms with Crippen molar-refractivity contribution in [3.63, 3.8) is 0 Å². The Bertz CT molecular complexity index is 182. The number of amides is 1. The van der Waals surface area contributed by atoms with Crippen molar-refractivity contribution in [1.29, 1.82) is 0 Å². The molecule has 4 heteroatoms. The fourth-order valence-corrected chi connectivity index (χ4v) is 1.48. The molecule has 1 rings (SSSR count). The molecule has 1 saturated heterocycles. The third kappa shape index (κ3) is 2.97. The molecule has 0 spiro atoms. The molecule has 0 aliphatic carbocycles. The van der Waals surface area contributed by atoms with E-state index in [1.165, 1.54) is 0 Å². The largest absolute Gasteiger partial charge is 0.393 e. The van der Waals surface area contributed by atoms with Crippen LogP contribution in [0, 0.1) is 0 Å². The van der Waals surface area contributed by atoms with E-state index in [0.29, 0.717) is 6.42 Å². The Morgan fingerprint density at radius 2 is 2.31 bits per heavy atom. The maximum absolute atomic E-state index is 11.3. The quantitative estimate of drug-likeness (QED) is 0.686. The van der Waals surface area contributed by atoms with Crippen molar-refractivity contribution in [3.05, 3.63) is 0 Å². The Labute approximate surface area is 79.1 Å². The van der Waals surface area contributed by atoms with E-state index in [9.17, 15) is 4.79 Å². The van der Waals surface area contributed by atoms with Crippen LogP contribution in [0.5, 0.6) is 0 Å². The lowest BCUT2D eigenvalue weighted by Gasteiger charge is -2.35. The molecule has 0 aromatic heterocycles. The van der Waals surface area contributed by atoms with Crippen LogP contribution in [-0.4, -0.2) is 47.3 Å². The predicted octanol–water partition coefficient (Wildman–Crippen LogP) is 0.226. The third-order valence-electron chi connectivity index (χ3n) is 2.40. The monoisotopic (exact) mass is 186 g/mol. The van der Waals surface area contributed by atoms with Crippen molar-refractivity contribution in [2.24, 2.45) is 0 Å². The molecule has 0 aromatic carbocycles. The Morgan fingerprint density at radius 3 is 2.92 bits per heavy atom. The smallest absolute Gasteiger partial charge is 0.236 e. The van der Waals surface area contributed by atoms with Crippen LogP contribution < -0.4 is 0 Å². The normalized spacial score (nSPS) is 22.1. The average Bonchev–Trinajstić information content (AvgIpc) is 2.07. The van der Waals surface area contributed by atoms with Gasteiger partial charge in [-0.2, -0.15) is 0 Å². The van der Waals surface area contributed by atoms with E-state index in [1.807, 2.05) is 5.01 Å². The van der Waals surface area contributed by atoms with Gasteiger partial charge in [-0.25, -0.2) is 5.01 Å². The third-order valence-corrected chi connectivity index (χ3v) is 2.40. The first-order valence-corrected chi connectivity index (χ1v) is 4.80. The van der Waals surface area contributed by atoms with Crippen molar-refractivity contribution >= 4 is 5.91 Å². The number of aliphatic hydroxyl groups is 1. The van der Waals surface area contributed by atoms with E-state index in [1.54, 1.807) is 19.0 Å². The van der Waals surface area contributed by atoms with Gasteiger partial charge >= 0.3 is 0 Å². The molecule has 76 valence electrons. The minimum atomic E-state index is -0.287. The number of hydrazine groups is 1. The molecule has 1 amide bonds. The van der Waals surface area contributed by atoms with Gasteiger partial charge in [0.25, 0.3) is 0 Å². The van der Waals surface area contributed by atoms with Crippen LogP contribution in [0.3, 0.4) is 0 Å². The van der Waals surface area contributed by atoms with Gasteiger partial charge in [-0.1, -0.05) is 0 Å². The van der Waals surface area contributed by atoms with Gasteiger partial charge in [0.15, 0.2) is 0 Å². The predicted molar refractivity (Wildman–Crippen MR) is 49.9 cm³/mol. The Hall–Kier alpha value is -0.610. The van der Waals surface area contributed by atoms with Gasteiger partial charge in [0.2, 0.25) is 5.91 Å². The zero-order valence-electron chi connectivity index (χ0n) is 8.36. The summed E-state index contributed by atoms with van der Waals surface area (Å²) >= 11 is 0. The standard InChI is InChI=1S/C9H18N2O2/c1-8(12)5-7-11-6-3-4-9(13)10(11)2/h8,12H,3-7H2,1-2H3. The molecule has 13 heavy (non-hydrogen) atoms. The summed E-state index contributed by atoms with van der Waals surface area (Å²) in [6.45, 7) is 3.46. The Kier molecular flexibility index (Phi) is 3.69. The van der Waals surface area contributed by atoms with Gasteiger partial charge in [0.1, 0.15) is 0 Å². The van der Waals surface area contributed by atoms with Crippen molar-refractivity contribution in [1.82, 2.24) is 10.0 Å². The molecule has 1 aliphatic rings. The lowest BCUT2D eigenvalue weighted by Crippen LogP contribution is -2.48. The highest BCUT2D eigenvalue weighted by atomic mass is 16.3. The number of hydrogen-bond donors (Lipinski definition) is 1. The molecule has 0 aromatic rings. The number of carbonyl (C=O) groups excluding carboxylic acids is 1. The fourth-order valence-electron chi connectivity index (χ4n) is 1.48. The summed E-state index contributed by atoms with van der Waals surface area (Å²) < 4.78 is 0. The summed E-state index contributed by atoms with van der Waals surface area (Å²) in [6, 6.07) is 0. The molecule has 0 saturated carbocycles. The lowest BCUT2D eigenvalue weighted by molar-refractivity contribution is -0.151. The Morgan fingerprint density at radius 1 is 1.62 bits per heavy atom. The average molecular weight is 186 g/mol. The maximum Gasteiger partial charge on any atom is 0.236 e. The summed E-state index contributed by atoms with van der Waals surface area (Å²) in [4.78, 5) is 11.3. The molecule has 4 nitrogen and oxygen atoms in total. The highest BCUT2D eigenvalue weighted by Gasteiger charge is 2.21. The first-order valence-electron chi connectivity index (χ1n) is 4.80. The molecule has 1 N–H and O–H groups in total. The van der Waals surface area contributed by atoms with Gasteiger partial charge in [-0.15, -0.1) is 0 Å². The molecule has 0 bridgehead atoms. The number of nitrogens with zero attached hydrogens (tertiary/aromatic N) is 2. The number of carbonyl (C=O) groups is 1. The molecule has 1 aliphatic heterocycles. The van der Waals surface area contributed by atoms with Crippen molar-refractivity contribution in [2.45, 2.75) is 32.3 Å². The second-order valence-electron chi connectivity index (χ2n) is 3.61. The molecule has 1 fully saturated rings. The topological polar surface area (TPSA) is 43.8 Å². The zero-order chi connectivity index (χ0) is 9.84. The van der Waals surface area contributed by atoms with E-state index in [0.717, 1.165) is 25.9 Å². The van der Waals surface area contributed by atoms with Crippen LogP contribution in [0.15, 0.2) is 0 Å². The summed E-state index contributed by atoms with van der Waals surface area (Å²) in [5.74, 6) is 0.178. The van der Waals surface area contributed by atoms with E-state index in [-0.39, 0.29) is 12.0 Å². The molecule has 1 atom stereocenters. The minimum Gasteiger partial charge on any atom is -0.393 e. The van der Waals surface area contributed by atoms with E-state index >= 15 is 0 Å². The number of aliphatic hydroxyl groups excluding tert-OH is 1. The fraction of sp³-hybridized carbons (Fsp3) is 0.889. The van der Waals surface area contributed by atoms with Crippen LogP contribution in [0.1, 0.15) is 26.2 Å². The van der Waals surface area contributed by atoms with Gasteiger partial charge in [-0.05, 0) is 19.8 Å². The van der Waals surface area contributed by atoms with Crippen LogP contribution in [-0.2, 0) is 4.79 Å². The van der Waals surface area contributed by atoms with Crippen LogP contribution in [0.4, 0.5) is 0 Å². The second kappa shape index (κ2) is 4.58. The molecular formula is C9H18N2O2.